The van der Waals surface area contributed by atoms with E-state index in [9.17, 15) is 13.2 Å². The van der Waals surface area contributed by atoms with Gasteiger partial charge in [-0.3, -0.25) is 4.68 Å². The van der Waals surface area contributed by atoms with E-state index >= 15 is 0 Å². The standard InChI is InChI=1S/C9H8F3N5/c1-17-3-2-5(16-17)6-4-7(9(10,11)12)15-8(13)14-6/h2-4H,1H3,(H2,13,14,15). The Labute approximate surface area is 94.1 Å². The van der Waals surface area contributed by atoms with Gasteiger partial charge in [-0.2, -0.15) is 18.3 Å². The first-order valence-corrected chi connectivity index (χ1v) is 4.58. The molecule has 17 heavy (non-hydrogen) atoms. The molecule has 2 aromatic rings. The van der Waals surface area contributed by atoms with E-state index in [2.05, 4.69) is 15.1 Å². The molecule has 0 atom stereocenters. The van der Waals surface area contributed by atoms with Crippen molar-refractivity contribution in [2.75, 3.05) is 5.73 Å². The van der Waals surface area contributed by atoms with E-state index in [1.807, 2.05) is 0 Å². The minimum Gasteiger partial charge on any atom is -0.368 e. The van der Waals surface area contributed by atoms with Crippen molar-refractivity contribution in [1.82, 2.24) is 19.7 Å². The summed E-state index contributed by atoms with van der Waals surface area (Å²) in [6.45, 7) is 0. The maximum Gasteiger partial charge on any atom is 0.433 e. The van der Waals surface area contributed by atoms with Crippen LogP contribution in [0.5, 0.6) is 0 Å². The summed E-state index contributed by atoms with van der Waals surface area (Å²) in [5.74, 6) is -0.430. The number of rotatable bonds is 1. The highest BCUT2D eigenvalue weighted by atomic mass is 19.4. The van der Waals surface area contributed by atoms with E-state index in [0.717, 1.165) is 6.07 Å². The SMILES string of the molecule is Cn1ccc(-c2cc(C(F)(F)F)nc(N)n2)n1. The van der Waals surface area contributed by atoms with Gasteiger partial charge in [-0.15, -0.1) is 0 Å². The molecule has 0 unspecified atom stereocenters. The van der Waals surface area contributed by atoms with Gasteiger partial charge in [-0.05, 0) is 12.1 Å². The van der Waals surface area contributed by atoms with E-state index in [4.69, 9.17) is 5.73 Å². The third kappa shape index (κ3) is 2.35. The van der Waals surface area contributed by atoms with Crippen LogP contribution in [-0.2, 0) is 13.2 Å². The van der Waals surface area contributed by atoms with Crippen LogP contribution >= 0.6 is 0 Å². The third-order valence-corrected chi connectivity index (χ3v) is 2.01. The summed E-state index contributed by atoms with van der Waals surface area (Å²) in [4.78, 5) is 6.87. The van der Waals surface area contributed by atoms with Gasteiger partial charge in [0.2, 0.25) is 5.95 Å². The molecule has 2 heterocycles. The van der Waals surface area contributed by atoms with Gasteiger partial charge in [0, 0.05) is 13.2 Å². The highest BCUT2D eigenvalue weighted by molar-refractivity contribution is 5.55. The Morgan fingerprint density at radius 1 is 1.24 bits per heavy atom. The zero-order chi connectivity index (χ0) is 12.6. The second-order valence-corrected chi connectivity index (χ2v) is 3.37. The van der Waals surface area contributed by atoms with E-state index < -0.39 is 17.8 Å². The van der Waals surface area contributed by atoms with Gasteiger partial charge in [0.25, 0.3) is 0 Å². The van der Waals surface area contributed by atoms with Crippen LogP contribution in [0.3, 0.4) is 0 Å². The first-order valence-electron chi connectivity index (χ1n) is 4.58. The lowest BCUT2D eigenvalue weighted by Gasteiger charge is -2.07. The number of nitrogens with two attached hydrogens (primary N) is 1. The molecular formula is C9H8F3N5. The number of halogens is 3. The fraction of sp³-hybridized carbons (Fsp3) is 0.222. The van der Waals surface area contributed by atoms with Crippen LogP contribution in [0.1, 0.15) is 5.69 Å². The van der Waals surface area contributed by atoms with Crippen LogP contribution in [0.25, 0.3) is 11.4 Å². The molecule has 2 aromatic heterocycles. The van der Waals surface area contributed by atoms with Crippen LogP contribution in [0.4, 0.5) is 19.1 Å². The molecule has 0 spiro atoms. The average molecular weight is 243 g/mol. The Morgan fingerprint density at radius 3 is 2.47 bits per heavy atom. The van der Waals surface area contributed by atoms with Crippen LogP contribution in [-0.4, -0.2) is 19.7 Å². The molecular weight excluding hydrogens is 235 g/mol. The monoisotopic (exact) mass is 243 g/mol. The average Bonchev–Trinajstić information content (AvgIpc) is 2.62. The van der Waals surface area contributed by atoms with Gasteiger partial charge < -0.3 is 5.73 Å². The molecule has 0 bridgehead atoms. The minimum absolute atomic E-state index is 0.0467. The fourth-order valence-corrected chi connectivity index (χ4v) is 1.29. The number of aryl methyl sites for hydroxylation is 1. The summed E-state index contributed by atoms with van der Waals surface area (Å²) in [5, 5.41) is 3.95. The van der Waals surface area contributed by atoms with Crippen molar-refractivity contribution in [3.63, 3.8) is 0 Å². The number of nitrogen functional groups attached to an aromatic ring is 1. The van der Waals surface area contributed by atoms with Crippen LogP contribution < -0.4 is 5.73 Å². The van der Waals surface area contributed by atoms with Crippen LogP contribution in [0.15, 0.2) is 18.3 Å². The van der Waals surface area contributed by atoms with Crippen molar-refractivity contribution >= 4 is 5.95 Å². The van der Waals surface area contributed by atoms with Crippen LogP contribution in [0.2, 0.25) is 0 Å². The van der Waals surface area contributed by atoms with Crippen molar-refractivity contribution in [3.05, 3.63) is 24.0 Å². The van der Waals surface area contributed by atoms with E-state index in [1.165, 1.54) is 4.68 Å². The van der Waals surface area contributed by atoms with Gasteiger partial charge >= 0.3 is 6.18 Å². The smallest absolute Gasteiger partial charge is 0.368 e. The zero-order valence-corrected chi connectivity index (χ0v) is 8.73. The van der Waals surface area contributed by atoms with Crippen molar-refractivity contribution in [2.45, 2.75) is 6.18 Å². The summed E-state index contributed by atoms with van der Waals surface area (Å²) in [7, 11) is 1.65. The molecule has 0 aromatic carbocycles. The van der Waals surface area contributed by atoms with Gasteiger partial charge in [0.1, 0.15) is 5.69 Å². The van der Waals surface area contributed by atoms with Gasteiger partial charge in [0.15, 0.2) is 5.69 Å². The molecule has 0 aliphatic heterocycles. The lowest BCUT2D eigenvalue weighted by Crippen LogP contribution is -2.11. The van der Waals surface area contributed by atoms with E-state index in [0.29, 0.717) is 5.69 Å². The maximum absolute atomic E-state index is 12.5. The molecule has 2 N–H and O–H groups in total. The molecule has 2 rings (SSSR count). The predicted molar refractivity (Wildman–Crippen MR) is 53.6 cm³/mol. The lowest BCUT2D eigenvalue weighted by molar-refractivity contribution is -0.141. The van der Waals surface area contributed by atoms with Crippen molar-refractivity contribution < 1.29 is 13.2 Å². The Bertz CT molecular complexity index is 546. The second kappa shape index (κ2) is 3.72. The largest absolute Gasteiger partial charge is 0.433 e. The summed E-state index contributed by atoms with van der Waals surface area (Å²) < 4.78 is 39.0. The molecule has 0 fully saturated rings. The fourth-order valence-electron chi connectivity index (χ4n) is 1.29. The summed E-state index contributed by atoms with van der Waals surface area (Å²) in [6.07, 6.45) is -2.96. The number of nitrogens with zero attached hydrogens (tertiary/aromatic N) is 4. The topological polar surface area (TPSA) is 69.6 Å². The molecule has 0 radical (unpaired) electrons. The Morgan fingerprint density at radius 2 is 1.94 bits per heavy atom. The zero-order valence-electron chi connectivity index (χ0n) is 8.73. The van der Waals surface area contributed by atoms with Gasteiger partial charge in [-0.25, -0.2) is 9.97 Å². The maximum atomic E-state index is 12.5. The molecule has 90 valence electrons. The van der Waals surface area contributed by atoms with Crippen molar-refractivity contribution in [2.24, 2.45) is 7.05 Å². The normalized spacial score (nSPS) is 11.8. The van der Waals surface area contributed by atoms with Crippen LogP contribution in [0, 0.1) is 0 Å². The molecule has 8 heteroatoms. The molecule has 0 saturated heterocycles. The summed E-state index contributed by atoms with van der Waals surface area (Å²) in [5.41, 5.74) is 4.52. The third-order valence-electron chi connectivity index (χ3n) is 2.01. The van der Waals surface area contributed by atoms with Crippen molar-refractivity contribution in [1.29, 1.82) is 0 Å². The Hall–Kier alpha value is -2.12. The Kier molecular flexibility index (Phi) is 2.49. The van der Waals surface area contributed by atoms with Gasteiger partial charge in [0.05, 0.1) is 5.69 Å². The molecule has 0 aliphatic carbocycles. The highest BCUT2D eigenvalue weighted by Gasteiger charge is 2.33. The molecule has 0 saturated carbocycles. The van der Waals surface area contributed by atoms with Gasteiger partial charge in [-0.1, -0.05) is 0 Å². The van der Waals surface area contributed by atoms with E-state index in [-0.39, 0.29) is 5.69 Å². The number of hydrogen-bond donors (Lipinski definition) is 1. The quantitative estimate of drug-likeness (QED) is 0.823. The first-order chi connectivity index (χ1) is 7.86. The number of hydrogen-bond acceptors (Lipinski definition) is 4. The Balaban J connectivity index is 2.52. The number of alkyl halides is 3. The number of anilines is 1. The van der Waals surface area contributed by atoms with E-state index in [1.54, 1.807) is 19.3 Å². The second-order valence-electron chi connectivity index (χ2n) is 3.37. The predicted octanol–water partition coefficient (Wildman–Crippen LogP) is 1.48. The molecule has 5 nitrogen and oxygen atoms in total. The lowest BCUT2D eigenvalue weighted by atomic mass is 10.2. The van der Waals surface area contributed by atoms with Crippen molar-refractivity contribution in [3.8, 4) is 11.4 Å². The number of aromatic nitrogens is 4. The minimum atomic E-state index is -4.55. The summed E-state index contributed by atoms with van der Waals surface area (Å²) in [6, 6.07) is 2.36. The summed E-state index contributed by atoms with van der Waals surface area (Å²) >= 11 is 0. The first kappa shape index (κ1) is 11.4. The highest BCUT2D eigenvalue weighted by Crippen LogP contribution is 2.30. The molecule has 0 amide bonds. The molecule has 0 aliphatic rings.